The molecular formula is C16H17F2N3O. The van der Waals surface area contributed by atoms with E-state index in [-0.39, 0.29) is 24.1 Å². The van der Waals surface area contributed by atoms with E-state index in [4.69, 9.17) is 0 Å². The largest absolute Gasteiger partial charge is 0.393 e. The van der Waals surface area contributed by atoms with Gasteiger partial charge in [-0.3, -0.25) is 0 Å². The van der Waals surface area contributed by atoms with E-state index in [9.17, 15) is 13.9 Å². The second-order valence-corrected chi connectivity index (χ2v) is 5.64. The summed E-state index contributed by atoms with van der Waals surface area (Å²) < 4.78 is 26.8. The van der Waals surface area contributed by atoms with Gasteiger partial charge < -0.3 is 10.4 Å². The highest BCUT2D eigenvalue weighted by molar-refractivity contribution is 5.39. The maximum absolute atomic E-state index is 13.6. The Balaban J connectivity index is 1.73. The topological polar surface area (TPSA) is 58.0 Å². The Bertz CT molecular complexity index is 687. The average Bonchev–Trinajstić information content (AvgIpc) is 2.44. The van der Waals surface area contributed by atoms with E-state index in [0.717, 1.165) is 17.8 Å². The number of aliphatic hydroxyl groups is 1. The molecule has 1 fully saturated rings. The lowest BCUT2D eigenvalue weighted by atomic mass is 9.80. The number of anilines is 1. The summed E-state index contributed by atoms with van der Waals surface area (Å²) in [7, 11) is 0. The number of hydrogen-bond donors (Lipinski definition) is 2. The summed E-state index contributed by atoms with van der Waals surface area (Å²) in [6.45, 7) is 1.93. The predicted molar refractivity (Wildman–Crippen MR) is 78.4 cm³/mol. The van der Waals surface area contributed by atoms with Gasteiger partial charge in [0.05, 0.1) is 6.10 Å². The molecule has 0 aliphatic heterocycles. The summed E-state index contributed by atoms with van der Waals surface area (Å²) in [6.07, 6.45) is 1.15. The fraction of sp³-hybridized carbons (Fsp3) is 0.375. The molecule has 0 bridgehead atoms. The fourth-order valence-electron chi connectivity index (χ4n) is 2.58. The van der Waals surface area contributed by atoms with Gasteiger partial charge >= 0.3 is 0 Å². The van der Waals surface area contributed by atoms with Crippen molar-refractivity contribution in [3.05, 3.63) is 53.0 Å². The number of rotatable bonds is 4. The van der Waals surface area contributed by atoms with Crippen molar-refractivity contribution in [2.45, 2.75) is 38.3 Å². The number of aromatic nitrogens is 2. The molecule has 0 atom stereocenters. The molecule has 22 heavy (non-hydrogen) atoms. The molecule has 0 saturated heterocycles. The van der Waals surface area contributed by atoms with Gasteiger partial charge in [-0.05, 0) is 38.0 Å². The molecule has 3 rings (SSSR count). The van der Waals surface area contributed by atoms with E-state index in [1.807, 2.05) is 0 Å². The highest BCUT2D eigenvalue weighted by Crippen LogP contribution is 2.36. The van der Waals surface area contributed by atoms with Crippen LogP contribution in [0.3, 0.4) is 0 Å². The summed E-state index contributed by atoms with van der Waals surface area (Å²) in [5.41, 5.74) is 1.12. The van der Waals surface area contributed by atoms with Crippen LogP contribution < -0.4 is 5.32 Å². The van der Waals surface area contributed by atoms with Crippen molar-refractivity contribution in [3.8, 4) is 0 Å². The predicted octanol–water partition coefficient (Wildman–Crippen LogP) is 2.91. The van der Waals surface area contributed by atoms with Crippen molar-refractivity contribution >= 4 is 5.82 Å². The second-order valence-electron chi connectivity index (χ2n) is 5.64. The third kappa shape index (κ3) is 3.22. The molecule has 0 spiro atoms. The van der Waals surface area contributed by atoms with E-state index in [2.05, 4.69) is 15.3 Å². The van der Waals surface area contributed by atoms with Gasteiger partial charge in [0, 0.05) is 29.8 Å². The molecule has 0 radical (unpaired) electrons. The Labute approximate surface area is 127 Å². The van der Waals surface area contributed by atoms with Crippen molar-refractivity contribution in [2.24, 2.45) is 0 Å². The smallest absolute Gasteiger partial charge is 0.130 e. The minimum absolute atomic E-state index is 0.146. The van der Waals surface area contributed by atoms with Gasteiger partial charge in [0.1, 0.15) is 23.3 Å². The first-order chi connectivity index (χ1) is 10.5. The summed E-state index contributed by atoms with van der Waals surface area (Å²) in [6, 6.07) is 5.17. The molecule has 1 aliphatic rings. The highest BCUT2D eigenvalue weighted by Gasteiger charge is 2.30. The Hall–Kier alpha value is -2.08. The van der Waals surface area contributed by atoms with Gasteiger partial charge in [-0.15, -0.1) is 0 Å². The SMILES string of the molecule is Cc1nc(NCc2cc(F)ccc2F)cc(C2CC(O)C2)n1. The number of aliphatic hydroxyl groups excluding tert-OH is 1. The third-order valence-corrected chi connectivity index (χ3v) is 3.86. The van der Waals surface area contributed by atoms with Crippen molar-refractivity contribution in [3.63, 3.8) is 0 Å². The van der Waals surface area contributed by atoms with E-state index in [0.29, 0.717) is 24.5 Å². The fourth-order valence-corrected chi connectivity index (χ4v) is 2.58. The van der Waals surface area contributed by atoms with Crippen LogP contribution in [0.1, 0.15) is 35.8 Å². The van der Waals surface area contributed by atoms with Crippen LogP contribution >= 0.6 is 0 Å². The minimum Gasteiger partial charge on any atom is -0.393 e. The molecule has 1 aromatic heterocycles. The maximum Gasteiger partial charge on any atom is 0.130 e. The summed E-state index contributed by atoms with van der Waals surface area (Å²) in [5.74, 6) is 0.500. The van der Waals surface area contributed by atoms with Crippen molar-refractivity contribution in [2.75, 3.05) is 5.32 Å². The first-order valence-corrected chi connectivity index (χ1v) is 7.22. The maximum atomic E-state index is 13.6. The Morgan fingerprint density at radius 2 is 2.00 bits per heavy atom. The summed E-state index contributed by atoms with van der Waals surface area (Å²) >= 11 is 0. The molecule has 2 aromatic rings. The standard InChI is InChI=1S/C16H17F2N3O/c1-9-20-15(10-5-13(22)6-10)7-16(21-9)19-8-11-4-12(17)2-3-14(11)18/h2-4,7,10,13,22H,5-6,8H2,1H3,(H,19,20,21). The lowest BCUT2D eigenvalue weighted by molar-refractivity contribution is 0.0731. The molecule has 2 N–H and O–H groups in total. The first-order valence-electron chi connectivity index (χ1n) is 7.22. The number of nitrogens with one attached hydrogen (secondary N) is 1. The second kappa shape index (κ2) is 5.96. The van der Waals surface area contributed by atoms with Crippen LogP contribution in [0, 0.1) is 18.6 Å². The quantitative estimate of drug-likeness (QED) is 0.912. The average molecular weight is 305 g/mol. The molecule has 1 aliphatic carbocycles. The van der Waals surface area contributed by atoms with E-state index in [1.165, 1.54) is 6.07 Å². The Morgan fingerprint density at radius 3 is 2.73 bits per heavy atom. The van der Waals surface area contributed by atoms with E-state index < -0.39 is 11.6 Å². The lowest BCUT2D eigenvalue weighted by Crippen LogP contribution is -2.27. The van der Waals surface area contributed by atoms with Crippen LogP contribution in [0.25, 0.3) is 0 Å². The molecule has 116 valence electrons. The lowest BCUT2D eigenvalue weighted by Gasteiger charge is -2.31. The third-order valence-electron chi connectivity index (χ3n) is 3.86. The van der Waals surface area contributed by atoms with Gasteiger partial charge in [-0.1, -0.05) is 0 Å². The zero-order chi connectivity index (χ0) is 15.7. The van der Waals surface area contributed by atoms with Crippen LogP contribution in [-0.2, 0) is 6.54 Å². The zero-order valence-electron chi connectivity index (χ0n) is 12.2. The van der Waals surface area contributed by atoms with Crippen molar-refractivity contribution < 1.29 is 13.9 Å². The van der Waals surface area contributed by atoms with Crippen molar-refractivity contribution in [1.82, 2.24) is 9.97 Å². The monoisotopic (exact) mass is 305 g/mol. The number of benzene rings is 1. The van der Waals surface area contributed by atoms with Crippen LogP contribution in [-0.4, -0.2) is 21.2 Å². The minimum atomic E-state index is -0.471. The van der Waals surface area contributed by atoms with Crippen molar-refractivity contribution in [1.29, 1.82) is 0 Å². The first kappa shape index (κ1) is 14.8. The van der Waals surface area contributed by atoms with Gasteiger partial charge in [0.15, 0.2) is 0 Å². The number of halogens is 2. The summed E-state index contributed by atoms with van der Waals surface area (Å²) in [5, 5.41) is 12.4. The van der Waals surface area contributed by atoms with Crippen LogP contribution in [0.5, 0.6) is 0 Å². The van der Waals surface area contributed by atoms with E-state index in [1.54, 1.807) is 13.0 Å². The number of aryl methyl sites for hydroxylation is 1. The van der Waals surface area contributed by atoms with E-state index >= 15 is 0 Å². The molecular weight excluding hydrogens is 288 g/mol. The van der Waals surface area contributed by atoms with Crippen LogP contribution in [0.4, 0.5) is 14.6 Å². The number of nitrogens with zero attached hydrogens (tertiary/aromatic N) is 2. The van der Waals surface area contributed by atoms with Crippen LogP contribution in [0.15, 0.2) is 24.3 Å². The molecule has 1 saturated carbocycles. The summed E-state index contributed by atoms with van der Waals surface area (Å²) in [4.78, 5) is 8.64. The van der Waals surface area contributed by atoms with Gasteiger partial charge in [0.25, 0.3) is 0 Å². The highest BCUT2D eigenvalue weighted by atomic mass is 19.1. The van der Waals surface area contributed by atoms with Gasteiger partial charge in [-0.25, -0.2) is 18.7 Å². The molecule has 1 aromatic carbocycles. The number of hydrogen-bond acceptors (Lipinski definition) is 4. The molecule has 1 heterocycles. The normalized spacial score (nSPS) is 20.5. The Morgan fingerprint density at radius 1 is 1.23 bits per heavy atom. The van der Waals surface area contributed by atoms with Crippen LogP contribution in [0.2, 0.25) is 0 Å². The Kier molecular flexibility index (Phi) is 4.02. The van der Waals surface area contributed by atoms with Gasteiger partial charge in [-0.2, -0.15) is 0 Å². The van der Waals surface area contributed by atoms with Gasteiger partial charge in [0.2, 0.25) is 0 Å². The molecule has 4 nitrogen and oxygen atoms in total. The molecule has 0 amide bonds. The molecule has 0 unspecified atom stereocenters. The zero-order valence-corrected chi connectivity index (χ0v) is 12.2. The molecule has 6 heteroatoms.